The Hall–Kier alpha value is -2.53. The van der Waals surface area contributed by atoms with Gasteiger partial charge in [0, 0.05) is 26.7 Å². The van der Waals surface area contributed by atoms with E-state index >= 15 is 0 Å². The summed E-state index contributed by atoms with van der Waals surface area (Å²) in [6, 6.07) is 15.1. The standard InChI is InChI=1S/C23H32N4O/c1-18-6-7-21(14-22(18)28-3)16-26-23(24-2)25-15-19-8-10-20(11-9-19)17-27-12-4-5-13-27/h6-11,14H,4-5,12-13,15-17H2,1-3H3,(H2,24,25,26). The molecule has 0 saturated carbocycles. The molecule has 0 amide bonds. The van der Waals surface area contributed by atoms with E-state index in [9.17, 15) is 0 Å². The number of likely N-dealkylation sites (tertiary alicyclic amines) is 1. The van der Waals surface area contributed by atoms with E-state index in [2.05, 4.69) is 63.0 Å². The van der Waals surface area contributed by atoms with Crippen LogP contribution in [0.3, 0.4) is 0 Å². The Morgan fingerprint density at radius 3 is 2.21 bits per heavy atom. The number of methoxy groups -OCH3 is 1. The molecule has 1 fully saturated rings. The van der Waals surface area contributed by atoms with Gasteiger partial charge in [-0.05, 0) is 61.2 Å². The molecule has 5 heteroatoms. The van der Waals surface area contributed by atoms with Gasteiger partial charge in [-0.1, -0.05) is 36.4 Å². The Morgan fingerprint density at radius 1 is 0.964 bits per heavy atom. The summed E-state index contributed by atoms with van der Waals surface area (Å²) in [5.41, 5.74) is 4.95. The second-order valence-electron chi connectivity index (χ2n) is 7.38. The van der Waals surface area contributed by atoms with E-state index in [4.69, 9.17) is 4.74 Å². The fourth-order valence-electron chi connectivity index (χ4n) is 3.53. The van der Waals surface area contributed by atoms with Gasteiger partial charge >= 0.3 is 0 Å². The van der Waals surface area contributed by atoms with Crippen LogP contribution in [0.2, 0.25) is 0 Å². The summed E-state index contributed by atoms with van der Waals surface area (Å²) in [7, 11) is 3.50. The molecule has 2 aromatic carbocycles. The molecule has 0 unspecified atom stereocenters. The summed E-state index contributed by atoms with van der Waals surface area (Å²) >= 11 is 0. The number of hydrogen-bond acceptors (Lipinski definition) is 3. The van der Waals surface area contributed by atoms with Crippen LogP contribution in [0.5, 0.6) is 5.75 Å². The summed E-state index contributed by atoms with van der Waals surface area (Å²) < 4.78 is 5.40. The highest BCUT2D eigenvalue weighted by Crippen LogP contribution is 2.18. The molecule has 2 N–H and O–H groups in total. The molecule has 0 aromatic heterocycles. The smallest absolute Gasteiger partial charge is 0.191 e. The van der Waals surface area contributed by atoms with E-state index in [0.29, 0.717) is 6.54 Å². The number of hydrogen-bond donors (Lipinski definition) is 2. The van der Waals surface area contributed by atoms with Gasteiger partial charge in [0.05, 0.1) is 7.11 Å². The van der Waals surface area contributed by atoms with Crippen molar-refractivity contribution in [3.63, 3.8) is 0 Å². The van der Waals surface area contributed by atoms with Crippen molar-refractivity contribution in [1.29, 1.82) is 0 Å². The first-order valence-corrected chi connectivity index (χ1v) is 10.1. The van der Waals surface area contributed by atoms with Gasteiger partial charge in [-0.25, -0.2) is 0 Å². The molecule has 150 valence electrons. The molecule has 0 atom stereocenters. The average molecular weight is 381 g/mol. The van der Waals surface area contributed by atoms with E-state index in [0.717, 1.165) is 35.9 Å². The molecular weight excluding hydrogens is 348 g/mol. The third kappa shape index (κ3) is 5.73. The SMILES string of the molecule is CN=C(NCc1ccc(CN2CCCC2)cc1)NCc1ccc(C)c(OC)c1. The van der Waals surface area contributed by atoms with Crippen molar-refractivity contribution < 1.29 is 4.74 Å². The molecule has 0 bridgehead atoms. The summed E-state index contributed by atoms with van der Waals surface area (Å²) in [6.45, 7) is 7.03. The first-order chi connectivity index (χ1) is 13.7. The maximum absolute atomic E-state index is 5.40. The van der Waals surface area contributed by atoms with Crippen LogP contribution in [0.1, 0.15) is 35.1 Å². The largest absolute Gasteiger partial charge is 0.496 e. The zero-order chi connectivity index (χ0) is 19.8. The molecule has 3 rings (SSSR count). The molecule has 1 aliphatic rings. The number of benzene rings is 2. The van der Waals surface area contributed by atoms with Crippen LogP contribution in [0.15, 0.2) is 47.5 Å². The molecule has 1 heterocycles. The van der Waals surface area contributed by atoms with Crippen molar-refractivity contribution in [1.82, 2.24) is 15.5 Å². The van der Waals surface area contributed by atoms with Gasteiger partial charge in [-0.15, -0.1) is 0 Å². The van der Waals surface area contributed by atoms with Crippen LogP contribution in [0.4, 0.5) is 0 Å². The third-order valence-corrected chi connectivity index (χ3v) is 5.24. The van der Waals surface area contributed by atoms with Gasteiger partial charge in [-0.2, -0.15) is 0 Å². The van der Waals surface area contributed by atoms with Crippen LogP contribution in [0, 0.1) is 6.92 Å². The van der Waals surface area contributed by atoms with E-state index in [1.807, 2.05) is 6.92 Å². The average Bonchev–Trinajstić information content (AvgIpc) is 3.23. The Labute approximate surface area is 168 Å². The lowest BCUT2D eigenvalue weighted by molar-refractivity contribution is 0.331. The molecule has 0 spiro atoms. The van der Waals surface area contributed by atoms with Crippen LogP contribution in [-0.4, -0.2) is 38.1 Å². The van der Waals surface area contributed by atoms with Crippen molar-refractivity contribution in [2.24, 2.45) is 4.99 Å². The number of nitrogens with one attached hydrogen (secondary N) is 2. The summed E-state index contributed by atoms with van der Waals surface area (Å²) in [5.74, 6) is 1.71. The highest BCUT2D eigenvalue weighted by atomic mass is 16.5. The zero-order valence-electron chi connectivity index (χ0n) is 17.3. The highest BCUT2D eigenvalue weighted by molar-refractivity contribution is 5.79. The Kier molecular flexibility index (Phi) is 7.31. The third-order valence-electron chi connectivity index (χ3n) is 5.24. The Morgan fingerprint density at radius 2 is 1.57 bits per heavy atom. The first-order valence-electron chi connectivity index (χ1n) is 10.1. The normalized spacial score (nSPS) is 14.9. The summed E-state index contributed by atoms with van der Waals surface area (Å²) in [5, 5.41) is 6.75. The van der Waals surface area contributed by atoms with Gasteiger partial charge in [0.1, 0.15) is 5.75 Å². The number of nitrogens with zero attached hydrogens (tertiary/aromatic N) is 2. The number of ether oxygens (including phenoxy) is 1. The lowest BCUT2D eigenvalue weighted by Crippen LogP contribution is -2.36. The minimum Gasteiger partial charge on any atom is -0.496 e. The molecule has 1 aliphatic heterocycles. The van der Waals surface area contributed by atoms with E-state index in [1.165, 1.54) is 37.1 Å². The van der Waals surface area contributed by atoms with Gasteiger partial charge in [0.25, 0.3) is 0 Å². The van der Waals surface area contributed by atoms with Gasteiger partial charge in [-0.3, -0.25) is 9.89 Å². The van der Waals surface area contributed by atoms with Crippen molar-refractivity contribution in [2.75, 3.05) is 27.2 Å². The minimum atomic E-state index is 0.699. The van der Waals surface area contributed by atoms with Crippen LogP contribution in [-0.2, 0) is 19.6 Å². The monoisotopic (exact) mass is 380 g/mol. The fourth-order valence-corrected chi connectivity index (χ4v) is 3.53. The topological polar surface area (TPSA) is 48.9 Å². The first kappa shape index (κ1) is 20.2. The van der Waals surface area contributed by atoms with Crippen LogP contribution in [0.25, 0.3) is 0 Å². The maximum Gasteiger partial charge on any atom is 0.191 e. The molecule has 28 heavy (non-hydrogen) atoms. The number of rotatable bonds is 7. The van der Waals surface area contributed by atoms with Crippen molar-refractivity contribution in [3.05, 3.63) is 64.7 Å². The predicted molar refractivity (Wildman–Crippen MR) is 116 cm³/mol. The van der Waals surface area contributed by atoms with Gasteiger partial charge in [0.2, 0.25) is 0 Å². The summed E-state index contributed by atoms with van der Waals surface area (Å²) in [6.07, 6.45) is 2.67. The Balaban J connectivity index is 1.47. The van der Waals surface area contributed by atoms with E-state index in [1.54, 1.807) is 14.2 Å². The lowest BCUT2D eigenvalue weighted by Gasteiger charge is -2.15. The molecule has 0 aliphatic carbocycles. The quantitative estimate of drug-likeness (QED) is 0.570. The predicted octanol–water partition coefficient (Wildman–Crippen LogP) is 3.46. The zero-order valence-corrected chi connectivity index (χ0v) is 17.3. The summed E-state index contributed by atoms with van der Waals surface area (Å²) in [4.78, 5) is 6.85. The van der Waals surface area contributed by atoms with Crippen LogP contribution < -0.4 is 15.4 Å². The number of aryl methyl sites for hydroxylation is 1. The highest BCUT2D eigenvalue weighted by Gasteiger charge is 2.11. The number of aliphatic imine (C=N–C) groups is 1. The molecule has 2 aromatic rings. The van der Waals surface area contributed by atoms with Crippen molar-refractivity contribution in [2.45, 2.75) is 39.4 Å². The van der Waals surface area contributed by atoms with Gasteiger partial charge in [0.15, 0.2) is 5.96 Å². The van der Waals surface area contributed by atoms with Crippen molar-refractivity contribution in [3.8, 4) is 5.75 Å². The lowest BCUT2D eigenvalue weighted by atomic mass is 10.1. The molecule has 1 saturated heterocycles. The molecule has 0 radical (unpaired) electrons. The second-order valence-corrected chi connectivity index (χ2v) is 7.38. The maximum atomic E-state index is 5.40. The second kappa shape index (κ2) is 10.1. The number of guanidine groups is 1. The van der Waals surface area contributed by atoms with Gasteiger partial charge < -0.3 is 15.4 Å². The van der Waals surface area contributed by atoms with Crippen molar-refractivity contribution >= 4 is 5.96 Å². The van der Waals surface area contributed by atoms with Crippen LogP contribution >= 0.6 is 0 Å². The Bertz CT molecular complexity index is 780. The fraction of sp³-hybridized carbons (Fsp3) is 0.435. The van der Waals surface area contributed by atoms with E-state index < -0.39 is 0 Å². The molecule has 5 nitrogen and oxygen atoms in total. The molecular formula is C23H32N4O. The van der Waals surface area contributed by atoms with E-state index in [-0.39, 0.29) is 0 Å². The minimum absolute atomic E-state index is 0.699.